The van der Waals surface area contributed by atoms with E-state index >= 15 is 0 Å². The molecule has 2 aromatic rings. The number of para-hydroxylation sites is 1. The van der Waals surface area contributed by atoms with Crippen LogP contribution in [0.1, 0.15) is 74.7 Å². The second-order valence-electron chi connectivity index (χ2n) is 9.06. The Morgan fingerprint density at radius 1 is 1.24 bits per heavy atom. The summed E-state index contributed by atoms with van der Waals surface area (Å²) in [6.07, 6.45) is 5.89. The number of aryl methyl sites for hydroxylation is 1. The van der Waals surface area contributed by atoms with Gasteiger partial charge in [-0.1, -0.05) is 50.1 Å². The summed E-state index contributed by atoms with van der Waals surface area (Å²) in [4.78, 5) is 12.1. The Morgan fingerprint density at radius 2 is 2.09 bits per heavy atom. The summed E-state index contributed by atoms with van der Waals surface area (Å²) in [6.45, 7) is 3.52. The van der Waals surface area contributed by atoms with E-state index in [-0.39, 0.29) is 5.97 Å². The van der Waals surface area contributed by atoms with Gasteiger partial charge >= 0.3 is 5.97 Å². The van der Waals surface area contributed by atoms with Crippen molar-refractivity contribution in [3.8, 4) is 11.8 Å². The number of hydrogen-bond acceptors (Lipinski definition) is 6. The number of aliphatic hydroxyl groups is 1. The van der Waals surface area contributed by atoms with Gasteiger partial charge in [-0.3, -0.25) is 4.79 Å². The summed E-state index contributed by atoms with van der Waals surface area (Å²) in [7, 11) is 0. The van der Waals surface area contributed by atoms with Crippen LogP contribution >= 0.6 is 0 Å². The van der Waals surface area contributed by atoms with Crippen LogP contribution in [-0.4, -0.2) is 36.4 Å². The van der Waals surface area contributed by atoms with Crippen LogP contribution in [-0.2, 0) is 16.0 Å². The maximum Gasteiger partial charge on any atom is 0.305 e. The van der Waals surface area contributed by atoms with Gasteiger partial charge in [0.05, 0.1) is 24.3 Å². The number of nitrogens with zero attached hydrogens (tertiary/aromatic N) is 1. The van der Waals surface area contributed by atoms with Crippen LogP contribution in [0.3, 0.4) is 0 Å². The van der Waals surface area contributed by atoms with Crippen LogP contribution in [0, 0.1) is 11.3 Å². The summed E-state index contributed by atoms with van der Waals surface area (Å²) in [6, 6.07) is 17.2. The van der Waals surface area contributed by atoms with Crippen molar-refractivity contribution in [1.29, 1.82) is 5.26 Å². The van der Waals surface area contributed by atoms with Crippen LogP contribution in [0.5, 0.6) is 5.75 Å². The average Bonchev–Trinajstić information content (AvgIpc) is 2.86. The SMILES string of the molecule is CCCCCOC(=O)CCCC1(CNCC(O)c2cccc(C#N)c2)CCc2ccccc2O1. The van der Waals surface area contributed by atoms with Crippen molar-refractivity contribution >= 4 is 5.97 Å². The largest absolute Gasteiger partial charge is 0.486 e. The van der Waals surface area contributed by atoms with Crippen LogP contribution in [0.15, 0.2) is 48.5 Å². The Bertz CT molecular complexity index is 971. The maximum absolute atomic E-state index is 12.1. The number of nitriles is 1. The molecule has 0 spiro atoms. The molecule has 0 bridgehead atoms. The number of carbonyl (C=O) groups excluding carboxylic acids is 1. The Balaban J connectivity index is 1.56. The molecule has 0 fully saturated rings. The lowest BCUT2D eigenvalue weighted by Crippen LogP contribution is -2.49. The van der Waals surface area contributed by atoms with Gasteiger partial charge in [-0.2, -0.15) is 5.26 Å². The van der Waals surface area contributed by atoms with Gasteiger partial charge in [0, 0.05) is 19.5 Å². The van der Waals surface area contributed by atoms with Crippen LogP contribution in [0.25, 0.3) is 0 Å². The van der Waals surface area contributed by atoms with Gasteiger partial charge in [-0.15, -0.1) is 0 Å². The molecule has 6 nitrogen and oxygen atoms in total. The quantitative estimate of drug-likeness (QED) is 0.325. The molecule has 182 valence electrons. The molecule has 2 atom stereocenters. The standard InChI is InChI=1S/C28H36N2O4/c1-2-3-6-17-33-27(32)13-8-15-28(16-14-23-10-4-5-12-26(23)34-28)21-30-20-25(31)24-11-7-9-22(18-24)19-29/h4-5,7,9-12,18,25,30-31H,2-3,6,8,13-17,20-21H2,1H3. The molecule has 1 heterocycles. The van der Waals surface area contributed by atoms with Crippen LogP contribution < -0.4 is 10.1 Å². The van der Waals surface area contributed by atoms with E-state index in [0.29, 0.717) is 43.7 Å². The van der Waals surface area contributed by atoms with Crippen molar-refractivity contribution in [3.05, 3.63) is 65.2 Å². The number of nitrogens with one attached hydrogen (secondary N) is 1. The molecule has 0 saturated carbocycles. The van der Waals surface area contributed by atoms with Crippen molar-refractivity contribution in [1.82, 2.24) is 5.32 Å². The van der Waals surface area contributed by atoms with E-state index in [0.717, 1.165) is 44.3 Å². The smallest absolute Gasteiger partial charge is 0.305 e. The number of carbonyl (C=O) groups is 1. The number of aliphatic hydroxyl groups excluding tert-OH is 1. The highest BCUT2D eigenvalue weighted by Gasteiger charge is 2.36. The monoisotopic (exact) mass is 464 g/mol. The Hall–Kier alpha value is -2.88. The molecule has 0 aromatic heterocycles. The second kappa shape index (κ2) is 13.1. The van der Waals surface area contributed by atoms with Gasteiger partial charge in [-0.25, -0.2) is 0 Å². The lowest BCUT2D eigenvalue weighted by Gasteiger charge is -2.39. The first-order chi connectivity index (χ1) is 16.5. The van der Waals surface area contributed by atoms with Crippen LogP contribution in [0.4, 0.5) is 0 Å². The first-order valence-electron chi connectivity index (χ1n) is 12.4. The molecule has 2 aromatic carbocycles. The molecule has 6 heteroatoms. The highest BCUT2D eigenvalue weighted by atomic mass is 16.5. The number of unbranched alkanes of at least 4 members (excludes halogenated alkanes) is 2. The van der Waals surface area contributed by atoms with Crippen molar-refractivity contribution in [3.63, 3.8) is 0 Å². The molecule has 1 aliphatic rings. The molecule has 2 N–H and O–H groups in total. The fraction of sp³-hybridized carbons (Fsp3) is 0.500. The van der Waals surface area contributed by atoms with Gasteiger partial charge < -0.3 is 19.9 Å². The zero-order valence-electron chi connectivity index (χ0n) is 20.1. The number of fused-ring (bicyclic) bond motifs is 1. The highest BCUT2D eigenvalue weighted by Crippen LogP contribution is 2.36. The lowest BCUT2D eigenvalue weighted by atomic mass is 9.86. The van der Waals surface area contributed by atoms with E-state index in [1.807, 2.05) is 24.3 Å². The number of rotatable bonds is 13. The van der Waals surface area contributed by atoms with Crippen LogP contribution in [0.2, 0.25) is 0 Å². The third kappa shape index (κ3) is 7.58. The minimum Gasteiger partial charge on any atom is -0.486 e. The topological polar surface area (TPSA) is 91.6 Å². The van der Waals surface area contributed by atoms with Gasteiger partial charge in [0.15, 0.2) is 0 Å². The number of benzene rings is 2. The average molecular weight is 465 g/mol. The van der Waals surface area contributed by atoms with Crippen molar-refractivity contribution in [2.24, 2.45) is 0 Å². The van der Waals surface area contributed by atoms with Gasteiger partial charge in [0.25, 0.3) is 0 Å². The lowest BCUT2D eigenvalue weighted by molar-refractivity contribution is -0.144. The molecule has 0 saturated heterocycles. The summed E-state index contributed by atoms with van der Waals surface area (Å²) in [5.41, 5.74) is 1.98. The third-order valence-electron chi connectivity index (χ3n) is 6.36. The van der Waals surface area contributed by atoms with Gasteiger partial charge in [-0.05, 0) is 61.4 Å². The number of ether oxygens (including phenoxy) is 2. The highest BCUT2D eigenvalue weighted by molar-refractivity contribution is 5.69. The maximum atomic E-state index is 12.1. The Labute approximate surface area is 202 Å². The van der Waals surface area contributed by atoms with Gasteiger partial charge in [0.2, 0.25) is 0 Å². The van der Waals surface area contributed by atoms with Crippen molar-refractivity contribution in [2.75, 3.05) is 19.7 Å². The van der Waals surface area contributed by atoms with Crippen molar-refractivity contribution in [2.45, 2.75) is 70.0 Å². The minimum atomic E-state index is -0.723. The fourth-order valence-corrected chi connectivity index (χ4v) is 4.38. The minimum absolute atomic E-state index is 0.150. The van der Waals surface area contributed by atoms with E-state index < -0.39 is 11.7 Å². The van der Waals surface area contributed by atoms with E-state index in [1.54, 1.807) is 18.2 Å². The Morgan fingerprint density at radius 3 is 2.91 bits per heavy atom. The molecule has 0 aliphatic carbocycles. The van der Waals surface area contributed by atoms with E-state index in [2.05, 4.69) is 24.4 Å². The molecular formula is C28H36N2O4. The molecule has 1 aliphatic heterocycles. The second-order valence-corrected chi connectivity index (χ2v) is 9.06. The summed E-state index contributed by atoms with van der Waals surface area (Å²) >= 11 is 0. The normalized spacial score (nSPS) is 17.8. The summed E-state index contributed by atoms with van der Waals surface area (Å²) in [5.74, 6) is 0.739. The third-order valence-corrected chi connectivity index (χ3v) is 6.36. The number of hydrogen-bond donors (Lipinski definition) is 2. The summed E-state index contributed by atoms with van der Waals surface area (Å²) < 4.78 is 11.9. The fourth-order valence-electron chi connectivity index (χ4n) is 4.38. The number of esters is 1. The van der Waals surface area contributed by atoms with Gasteiger partial charge in [0.1, 0.15) is 11.4 Å². The molecular weight excluding hydrogens is 428 g/mol. The van der Waals surface area contributed by atoms with E-state index in [9.17, 15) is 9.90 Å². The molecule has 0 amide bonds. The molecule has 2 unspecified atom stereocenters. The molecule has 0 radical (unpaired) electrons. The zero-order chi connectivity index (χ0) is 24.2. The van der Waals surface area contributed by atoms with E-state index in [4.69, 9.17) is 14.7 Å². The Kier molecular flexibility index (Phi) is 9.93. The zero-order valence-corrected chi connectivity index (χ0v) is 20.1. The predicted octanol–water partition coefficient (Wildman–Crippen LogP) is 4.85. The summed E-state index contributed by atoms with van der Waals surface area (Å²) in [5, 5.41) is 23.1. The predicted molar refractivity (Wildman–Crippen MR) is 131 cm³/mol. The molecule has 3 rings (SSSR count). The first kappa shape index (κ1) is 25.7. The van der Waals surface area contributed by atoms with E-state index in [1.165, 1.54) is 5.56 Å². The van der Waals surface area contributed by atoms with Crippen molar-refractivity contribution < 1.29 is 19.4 Å². The molecule has 34 heavy (non-hydrogen) atoms. The first-order valence-corrected chi connectivity index (χ1v) is 12.4.